The third kappa shape index (κ3) is 6.29. The van der Waals surface area contributed by atoms with Crippen LogP contribution in [-0.4, -0.2) is 19.7 Å². The number of nitriles is 1. The van der Waals surface area contributed by atoms with Gasteiger partial charge < -0.3 is 25.7 Å². The van der Waals surface area contributed by atoms with Crippen molar-refractivity contribution < 1.29 is 19.0 Å². The van der Waals surface area contributed by atoms with E-state index < -0.39 is 5.97 Å². The van der Waals surface area contributed by atoms with Gasteiger partial charge in [-0.3, -0.25) is 0 Å². The van der Waals surface area contributed by atoms with E-state index in [1.165, 1.54) is 13.2 Å². The molecule has 0 saturated heterocycles. The molecule has 0 bridgehead atoms. The van der Waals surface area contributed by atoms with Gasteiger partial charge in [0.05, 0.1) is 13.7 Å². The van der Waals surface area contributed by atoms with Gasteiger partial charge in [0.2, 0.25) is 0 Å². The zero-order valence-corrected chi connectivity index (χ0v) is 15.0. The van der Waals surface area contributed by atoms with Gasteiger partial charge in [0, 0.05) is 29.1 Å². The second-order valence-corrected chi connectivity index (χ2v) is 5.71. The predicted octanol–water partition coefficient (Wildman–Crippen LogP) is 2.91. The van der Waals surface area contributed by atoms with Crippen molar-refractivity contribution >= 4 is 23.4 Å². The Morgan fingerprint density at radius 3 is 2.59 bits per heavy atom. The van der Waals surface area contributed by atoms with Crippen LogP contribution in [0.5, 0.6) is 11.5 Å². The van der Waals surface area contributed by atoms with E-state index in [4.69, 9.17) is 30.9 Å². The molecule has 7 heteroatoms. The molecule has 2 aromatic carbocycles. The molecule has 140 valence electrons. The second kappa shape index (κ2) is 9.73. The summed E-state index contributed by atoms with van der Waals surface area (Å²) in [6.45, 7) is 0.282. The summed E-state index contributed by atoms with van der Waals surface area (Å²) < 4.78 is 15.1. The molecule has 0 aromatic heterocycles. The minimum absolute atomic E-state index is 0.282. The number of nitrogens with zero attached hydrogens (tertiary/aromatic N) is 1. The molecule has 0 aliphatic heterocycles. The molecule has 27 heavy (non-hydrogen) atoms. The number of aryl methyl sites for hydroxylation is 1. The van der Waals surface area contributed by atoms with E-state index in [0.29, 0.717) is 41.3 Å². The third-order valence-corrected chi connectivity index (χ3v) is 3.66. The summed E-state index contributed by atoms with van der Waals surface area (Å²) in [7, 11) is 1.49. The van der Waals surface area contributed by atoms with Crippen molar-refractivity contribution in [2.24, 2.45) is 0 Å². The largest absolute Gasteiger partial charge is 0.496 e. The molecule has 0 spiro atoms. The Bertz CT molecular complexity index is 852. The summed E-state index contributed by atoms with van der Waals surface area (Å²) in [6, 6.07) is 10.2. The highest BCUT2D eigenvalue weighted by Gasteiger charge is 2.05. The van der Waals surface area contributed by atoms with Gasteiger partial charge in [0.25, 0.3) is 6.26 Å². The van der Waals surface area contributed by atoms with Crippen LogP contribution in [-0.2, 0) is 16.0 Å². The molecule has 0 atom stereocenters. The van der Waals surface area contributed by atoms with E-state index in [9.17, 15) is 4.79 Å². The first kappa shape index (κ1) is 19.7. The van der Waals surface area contributed by atoms with Gasteiger partial charge in [0.1, 0.15) is 11.5 Å². The fourth-order valence-corrected chi connectivity index (χ4v) is 2.49. The molecular formula is C20H21N3O4. The van der Waals surface area contributed by atoms with Crippen LogP contribution in [0, 0.1) is 11.5 Å². The van der Waals surface area contributed by atoms with Crippen molar-refractivity contribution in [3.63, 3.8) is 0 Å². The standard InChI is InChI=1S/C20H21N3O4/c1-25-19-12-18(27-13-21)6-4-15(19)5-7-20(24)26-8-2-3-14-9-16(22)11-17(23)10-14/h4-7,9-12H,2-3,8,22-23H2,1H3/b7-5+. The first-order valence-electron chi connectivity index (χ1n) is 8.25. The number of ether oxygens (including phenoxy) is 3. The fraction of sp³-hybridized carbons (Fsp3) is 0.200. The Kier molecular flexibility index (Phi) is 7.08. The Morgan fingerprint density at radius 1 is 1.19 bits per heavy atom. The highest BCUT2D eigenvalue weighted by Crippen LogP contribution is 2.25. The molecule has 0 fully saturated rings. The average molecular weight is 367 g/mol. The average Bonchev–Trinajstić information content (AvgIpc) is 2.63. The van der Waals surface area contributed by atoms with Crippen molar-refractivity contribution in [1.82, 2.24) is 0 Å². The minimum atomic E-state index is -0.457. The maximum Gasteiger partial charge on any atom is 0.330 e. The predicted molar refractivity (Wildman–Crippen MR) is 103 cm³/mol. The van der Waals surface area contributed by atoms with E-state index in [1.807, 2.05) is 12.1 Å². The molecule has 0 heterocycles. The lowest BCUT2D eigenvalue weighted by atomic mass is 10.1. The highest BCUT2D eigenvalue weighted by atomic mass is 16.5. The van der Waals surface area contributed by atoms with Crippen molar-refractivity contribution in [3.8, 4) is 17.8 Å². The molecule has 0 saturated carbocycles. The zero-order chi connectivity index (χ0) is 19.6. The Labute approximate surface area is 157 Å². The minimum Gasteiger partial charge on any atom is -0.496 e. The quantitative estimate of drug-likeness (QED) is 0.242. The molecule has 7 nitrogen and oxygen atoms in total. The van der Waals surface area contributed by atoms with Gasteiger partial charge in [-0.1, -0.05) is 0 Å². The smallest absolute Gasteiger partial charge is 0.330 e. The van der Waals surface area contributed by atoms with E-state index in [1.54, 1.807) is 36.6 Å². The molecule has 2 aromatic rings. The molecule has 0 unspecified atom stereocenters. The number of methoxy groups -OCH3 is 1. The van der Waals surface area contributed by atoms with E-state index in [-0.39, 0.29) is 6.61 Å². The second-order valence-electron chi connectivity index (χ2n) is 5.71. The maximum absolute atomic E-state index is 11.8. The summed E-state index contributed by atoms with van der Waals surface area (Å²) in [5, 5.41) is 8.53. The van der Waals surface area contributed by atoms with E-state index in [0.717, 1.165) is 5.56 Å². The number of esters is 1. The number of rotatable bonds is 8. The van der Waals surface area contributed by atoms with Gasteiger partial charge in [-0.25, -0.2) is 4.79 Å². The number of hydrogen-bond acceptors (Lipinski definition) is 7. The van der Waals surface area contributed by atoms with Crippen LogP contribution in [0.3, 0.4) is 0 Å². The number of anilines is 2. The van der Waals surface area contributed by atoms with E-state index >= 15 is 0 Å². The maximum atomic E-state index is 11.8. The van der Waals surface area contributed by atoms with Crippen LogP contribution >= 0.6 is 0 Å². The highest BCUT2D eigenvalue weighted by molar-refractivity contribution is 5.87. The number of nitrogen functional groups attached to an aromatic ring is 2. The number of carbonyl (C=O) groups is 1. The first-order chi connectivity index (χ1) is 13.0. The molecule has 2 rings (SSSR count). The number of hydrogen-bond donors (Lipinski definition) is 2. The lowest BCUT2D eigenvalue weighted by molar-refractivity contribution is -0.137. The molecular weight excluding hydrogens is 346 g/mol. The van der Waals surface area contributed by atoms with Gasteiger partial charge in [0.15, 0.2) is 0 Å². The normalized spacial score (nSPS) is 10.4. The summed E-state index contributed by atoms with van der Waals surface area (Å²) in [6.07, 6.45) is 5.86. The van der Waals surface area contributed by atoms with Crippen molar-refractivity contribution in [1.29, 1.82) is 5.26 Å². The zero-order valence-electron chi connectivity index (χ0n) is 15.0. The summed E-state index contributed by atoms with van der Waals surface area (Å²) >= 11 is 0. The van der Waals surface area contributed by atoms with E-state index in [2.05, 4.69) is 0 Å². The van der Waals surface area contributed by atoms with Crippen molar-refractivity contribution in [2.75, 3.05) is 25.2 Å². The van der Waals surface area contributed by atoms with Gasteiger partial charge in [-0.2, -0.15) is 0 Å². The van der Waals surface area contributed by atoms with Crippen LogP contribution in [0.15, 0.2) is 42.5 Å². The van der Waals surface area contributed by atoms with Crippen LogP contribution in [0.1, 0.15) is 17.5 Å². The summed E-state index contributed by atoms with van der Waals surface area (Å²) in [5.41, 5.74) is 14.4. The SMILES string of the molecule is COc1cc(OC#N)ccc1/C=C/C(=O)OCCCc1cc(N)cc(N)c1. The number of carbonyl (C=O) groups excluding carboxylic acids is 1. The van der Waals surface area contributed by atoms with Crippen molar-refractivity contribution in [3.05, 3.63) is 53.6 Å². The molecule has 0 radical (unpaired) electrons. The third-order valence-electron chi connectivity index (χ3n) is 3.66. The Balaban J connectivity index is 1.84. The van der Waals surface area contributed by atoms with Gasteiger partial charge in [-0.15, -0.1) is 5.26 Å². The Hall–Kier alpha value is -3.66. The van der Waals surface area contributed by atoms with Crippen LogP contribution < -0.4 is 20.9 Å². The van der Waals surface area contributed by atoms with Gasteiger partial charge >= 0.3 is 5.97 Å². The van der Waals surface area contributed by atoms with Gasteiger partial charge in [-0.05, 0) is 54.8 Å². The Morgan fingerprint density at radius 2 is 1.93 bits per heavy atom. The number of nitrogens with two attached hydrogens (primary N) is 2. The summed E-state index contributed by atoms with van der Waals surface area (Å²) in [5.74, 6) is 0.379. The van der Waals surface area contributed by atoms with Crippen LogP contribution in [0.4, 0.5) is 11.4 Å². The molecule has 0 aliphatic carbocycles. The molecule has 0 aliphatic rings. The van der Waals surface area contributed by atoms with Crippen molar-refractivity contribution in [2.45, 2.75) is 12.8 Å². The topological polar surface area (TPSA) is 121 Å². The van der Waals surface area contributed by atoms with Crippen LogP contribution in [0.25, 0.3) is 6.08 Å². The lowest BCUT2D eigenvalue weighted by Crippen LogP contribution is -2.04. The molecule has 4 N–H and O–H groups in total. The lowest BCUT2D eigenvalue weighted by Gasteiger charge is -2.06. The first-order valence-corrected chi connectivity index (χ1v) is 8.25. The number of benzene rings is 2. The monoisotopic (exact) mass is 367 g/mol. The van der Waals surface area contributed by atoms with Crippen LogP contribution in [0.2, 0.25) is 0 Å². The summed E-state index contributed by atoms with van der Waals surface area (Å²) in [4.78, 5) is 11.8. The fourth-order valence-electron chi connectivity index (χ4n) is 2.49. The molecule has 0 amide bonds.